The largest absolute Gasteiger partial charge is 0.494 e. The number of aromatic nitrogens is 1. The van der Waals surface area contributed by atoms with Gasteiger partial charge in [0.2, 0.25) is 5.88 Å². The van der Waals surface area contributed by atoms with Gasteiger partial charge in [-0.3, -0.25) is 0 Å². The van der Waals surface area contributed by atoms with Crippen LogP contribution in [0.4, 0.5) is 4.39 Å². The minimum absolute atomic E-state index is 0.00500. The monoisotopic (exact) mass is 331 g/mol. The van der Waals surface area contributed by atoms with E-state index in [9.17, 15) is 9.18 Å². The van der Waals surface area contributed by atoms with Crippen LogP contribution in [0.3, 0.4) is 0 Å². The molecule has 0 amide bonds. The van der Waals surface area contributed by atoms with Crippen molar-refractivity contribution in [2.45, 2.75) is 26.4 Å². The number of hydrogen-bond acceptors (Lipinski definition) is 5. The van der Waals surface area contributed by atoms with Gasteiger partial charge in [-0.15, -0.1) is 0 Å². The van der Waals surface area contributed by atoms with E-state index in [-0.39, 0.29) is 29.0 Å². The summed E-state index contributed by atoms with van der Waals surface area (Å²) in [4.78, 5) is 16.0. The molecule has 22 heavy (non-hydrogen) atoms. The van der Waals surface area contributed by atoms with E-state index in [0.29, 0.717) is 12.2 Å². The summed E-state index contributed by atoms with van der Waals surface area (Å²) in [5.74, 6) is -0.607. The Morgan fingerprint density at radius 3 is 2.64 bits per heavy atom. The van der Waals surface area contributed by atoms with Crippen molar-refractivity contribution in [2.24, 2.45) is 0 Å². The van der Waals surface area contributed by atoms with Crippen molar-refractivity contribution >= 4 is 23.3 Å². The summed E-state index contributed by atoms with van der Waals surface area (Å²) < 4.78 is 29.0. The topological polar surface area (TPSA) is 57.7 Å². The highest BCUT2D eigenvalue weighted by Gasteiger charge is 2.26. The summed E-state index contributed by atoms with van der Waals surface area (Å²) in [5, 5.41) is 0.0650. The molecular formula is C15H19ClFNO4. The van der Waals surface area contributed by atoms with E-state index in [4.69, 9.17) is 25.8 Å². The fourth-order valence-corrected chi connectivity index (χ4v) is 1.79. The molecule has 1 rings (SSSR count). The zero-order valence-corrected chi connectivity index (χ0v) is 13.8. The number of pyridine rings is 1. The van der Waals surface area contributed by atoms with Gasteiger partial charge in [0.05, 0.1) is 13.7 Å². The van der Waals surface area contributed by atoms with Gasteiger partial charge >= 0.3 is 5.97 Å². The maximum Gasteiger partial charge on any atom is 0.344 e. The highest BCUT2D eigenvalue weighted by molar-refractivity contribution is 6.29. The molecule has 0 saturated heterocycles. The van der Waals surface area contributed by atoms with Gasteiger partial charge in [0.15, 0.2) is 0 Å². The minimum atomic E-state index is -1.60. The lowest BCUT2D eigenvalue weighted by Crippen LogP contribution is -2.24. The van der Waals surface area contributed by atoms with Crippen LogP contribution >= 0.6 is 11.6 Å². The van der Waals surface area contributed by atoms with E-state index in [0.717, 1.165) is 0 Å². The maximum atomic E-state index is 13.6. The summed E-state index contributed by atoms with van der Waals surface area (Å²) in [6.07, 6.45) is 0. The van der Waals surface area contributed by atoms with Crippen LogP contribution in [0.25, 0.3) is 5.76 Å². The number of carbonyl (C=O) groups excluding carboxylic acids is 1. The standard InChI is InChI=1S/C15H19ClFNO4/c1-6-21-9(2)10-7-11(16)18-13(12(10)14(19)20-5)22-8-15(3,4)17/h7H,2,6,8H2,1,3-5H3. The molecule has 5 nitrogen and oxygen atoms in total. The smallest absolute Gasteiger partial charge is 0.344 e. The molecule has 1 aromatic heterocycles. The molecule has 0 N–H and O–H groups in total. The van der Waals surface area contributed by atoms with Crippen molar-refractivity contribution in [1.29, 1.82) is 0 Å². The Bertz CT molecular complexity index is 569. The third-order valence-electron chi connectivity index (χ3n) is 2.52. The Morgan fingerprint density at radius 1 is 1.50 bits per heavy atom. The first-order chi connectivity index (χ1) is 10.2. The Labute approximate surface area is 134 Å². The molecule has 0 saturated carbocycles. The zero-order valence-electron chi connectivity index (χ0n) is 13.0. The number of nitrogens with zero attached hydrogens (tertiary/aromatic N) is 1. The lowest BCUT2D eigenvalue weighted by Gasteiger charge is -2.18. The second kappa shape index (κ2) is 7.45. The van der Waals surface area contributed by atoms with Gasteiger partial charge < -0.3 is 14.2 Å². The zero-order chi connectivity index (χ0) is 16.9. The number of hydrogen-bond donors (Lipinski definition) is 0. The van der Waals surface area contributed by atoms with Gasteiger partial charge in [0, 0.05) is 5.56 Å². The molecule has 0 aliphatic heterocycles. The minimum Gasteiger partial charge on any atom is -0.494 e. The highest BCUT2D eigenvalue weighted by atomic mass is 35.5. The van der Waals surface area contributed by atoms with Crippen LogP contribution in [0.2, 0.25) is 5.15 Å². The summed E-state index contributed by atoms with van der Waals surface area (Å²) in [6, 6.07) is 1.42. The lowest BCUT2D eigenvalue weighted by atomic mass is 10.1. The number of esters is 1. The van der Waals surface area contributed by atoms with E-state index >= 15 is 0 Å². The number of alkyl halides is 1. The second-order valence-corrected chi connectivity index (χ2v) is 5.42. The van der Waals surface area contributed by atoms with Gasteiger partial charge in [0.25, 0.3) is 0 Å². The molecule has 0 aliphatic rings. The predicted octanol–water partition coefficient (Wildman–Crippen LogP) is 3.66. The first-order valence-corrected chi connectivity index (χ1v) is 7.00. The van der Waals surface area contributed by atoms with E-state index in [1.54, 1.807) is 6.92 Å². The van der Waals surface area contributed by atoms with E-state index in [1.807, 2.05) is 0 Å². The summed E-state index contributed by atoms with van der Waals surface area (Å²) >= 11 is 5.93. The molecule has 1 aromatic rings. The molecule has 0 spiro atoms. The van der Waals surface area contributed by atoms with Gasteiger partial charge in [-0.05, 0) is 26.8 Å². The van der Waals surface area contributed by atoms with Crippen molar-refractivity contribution in [3.63, 3.8) is 0 Å². The van der Waals surface area contributed by atoms with E-state index in [1.165, 1.54) is 27.0 Å². The van der Waals surface area contributed by atoms with Crippen LogP contribution < -0.4 is 4.74 Å². The first kappa shape index (κ1) is 18.2. The molecule has 0 radical (unpaired) electrons. The van der Waals surface area contributed by atoms with Crippen LogP contribution in [0.5, 0.6) is 5.88 Å². The fraction of sp³-hybridized carbons (Fsp3) is 0.467. The summed E-state index contributed by atoms with van der Waals surface area (Å²) in [7, 11) is 1.22. The molecule has 0 atom stereocenters. The summed E-state index contributed by atoms with van der Waals surface area (Å²) in [6.45, 7) is 8.25. The van der Waals surface area contributed by atoms with Gasteiger partial charge in [-0.25, -0.2) is 14.2 Å². The van der Waals surface area contributed by atoms with Crippen molar-refractivity contribution in [3.8, 4) is 5.88 Å². The van der Waals surface area contributed by atoms with Gasteiger partial charge in [-0.1, -0.05) is 18.2 Å². The van der Waals surface area contributed by atoms with Gasteiger partial charge in [-0.2, -0.15) is 0 Å². The highest BCUT2D eigenvalue weighted by Crippen LogP contribution is 2.30. The molecular weight excluding hydrogens is 313 g/mol. The van der Waals surface area contributed by atoms with Crippen molar-refractivity contribution in [1.82, 2.24) is 4.98 Å². The van der Waals surface area contributed by atoms with Crippen LogP contribution in [0.1, 0.15) is 36.7 Å². The van der Waals surface area contributed by atoms with Crippen molar-refractivity contribution in [3.05, 3.63) is 28.9 Å². The van der Waals surface area contributed by atoms with Crippen LogP contribution in [-0.4, -0.2) is 36.9 Å². The predicted molar refractivity (Wildman–Crippen MR) is 81.9 cm³/mol. The second-order valence-electron chi connectivity index (χ2n) is 5.03. The number of carbonyl (C=O) groups is 1. The third-order valence-corrected chi connectivity index (χ3v) is 2.71. The number of ether oxygens (including phenoxy) is 3. The third kappa shape index (κ3) is 4.87. The lowest BCUT2D eigenvalue weighted by molar-refractivity contribution is 0.0585. The Hall–Kier alpha value is -1.82. The fourth-order valence-electron chi connectivity index (χ4n) is 1.61. The molecule has 0 aromatic carbocycles. The van der Waals surface area contributed by atoms with Crippen LogP contribution in [0.15, 0.2) is 12.6 Å². The maximum absolute atomic E-state index is 13.6. The number of methoxy groups -OCH3 is 1. The molecule has 7 heteroatoms. The van der Waals surface area contributed by atoms with E-state index in [2.05, 4.69) is 11.6 Å². The molecule has 0 unspecified atom stereocenters. The molecule has 122 valence electrons. The van der Waals surface area contributed by atoms with Crippen molar-refractivity contribution in [2.75, 3.05) is 20.3 Å². The molecule has 0 aliphatic carbocycles. The average Bonchev–Trinajstić information content (AvgIpc) is 2.43. The normalized spacial score (nSPS) is 11.0. The van der Waals surface area contributed by atoms with Gasteiger partial charge in [0.1, 0.15) is 28.8 Å². The Balaban J connectivity index is 3.34. The molecule has 1 heterocycles. The molecule has 0 bridgehead atoms. The summed E-state index contributed by atoms with van der Waals surface area (Å²) in [5.41, 5.74) is -1.32. The number of rotatable bonds is 7. The Morgan fingerprint density at radius 2 is 2.14 bits per heavy atom. The Kier molecular flexibility index (Phi) is 6.17. The van der Waals surface area contributed by atoms with Crippen LogP contribution in [0, 0.1) is 0 Å². The van der Waals surface area contributed by atoms with Crippen molar-refractivity contribution < 1.29 is 23.4 Å². The average molecular weight is 332 g/mol. The van der Waals surface area contributed by atoms with E-state index < -0.39 is 11.6 Å². The quantitative estimate of drug-likeness (QED) is 0.433. The molecule has 0 fully saturated rings. The SMILES string of the molecule is C=C(OCC)c1cc(Cl)nc(OCC(C)(C)F)c1C(=O)OC. The van der Waals surface area contributed by atoms with Crippen LogP contribution in [-0.2, 0) is 9.47 Å². The number of halogens is 2. The first-order valence-electron chi connectivity index (χ1n) is 6.62.